The van der Waals surface area contributed by atoms with Crippen LogP contribution in [0.25, 0.3) is 0 Å². The van der Waals surface area contributed by atoms with Gasteiger partial charge in [0.15, 0.2) is 0 Å². The van der Waals surface area contributed by atoms with Gasteiger partial charge in [-0.15, -0.1) is 0 Å². The van der Waals surface area contributed by atoms with E-state index >= 15 is 0 Å². The predicted molar refractivity (Wildman–Crippen MR) is 74.4 cm³/mol. The first-order valence-electron chi connectivity index (χ1n) is 6.58. The van der Waals surface area contributed by atoms with Crippen LogP contribution in [-0.2, 0) is 0 Å². The summed E-state index contributed by atoms with van der Waals surface area (Å²) in [5, 5.41) is 4.47. The number of nitrogens with one attached hydrogen (secondary N) is 1. The molecule has 2 heteroatoms. The van der Waals surface area contributed by atoms with Gasteiger partial charge in [0.25, 0.3) is 0 Å². The largest absolute Gasteiger partial charge is 0.310 e. The zero-order chi connectivity index (χ0) is 12.3. The quantitative estimate of drug-likeness (QED) is 0.827. The Hall–Kier alpha value is -0.530. The normalized spacial score (nSPS) is 20.4. The lowest BCUT2D eigenvalue weighted by molar-refractivity contribution is 0.302. The highest BCUT2D eigenvalue weighted by Crippen LogP contribution is 2.37. The van der Waals surface area contributed by atoms with E-state index in [1.807, 2.05) is 12.1 Å². The molecule has 1 aliphatic carbocycles. The van der Waals surface area contributed by atoms with Crippen molar-refractivity contribution < 1.29 is 0 Å². The lowest BCUT2D eigenvalue weighted by Gasteiger charge is -2.26. The van der Waals surface area contributed by atoms with Gasteiger partial charge in [-0.05, 0) is 42.9 Å². The maximum Gasteiger partial charge on any atom is 0.0406 e. The number of hydrogen-bond donors (Lipinski definition) is 1. The fraction of sp³-hybridized carbons (Fsp3) is 0.600. The van der Waals surface area contributed by atoms with Gasteiger partial charge in [0, 0.05) is 17.6 Å². The van der Waals surface area contributed by atoms with Gasteiger partial charge in [-0.1, -0.05) is 43.5 Å². The van der Waals surface area contributed by atoms with Crippen molar-refractivity contribution >= 4 is 11.6 Å². The molecule has 0 spiro atoms. The third-order valence-corrected chi connectivity index (χ3v) is 4.27. The third-order valence-electron chi connectivity index (χ3n) is 4.02. The molecular formula is C15H22ClN. The van der Waals surface area contributed by atoms with Crippen molar-refractivity contribution in [2.24, 2.45) is 5.41 Å². The van der Waals surface area contributed by atoms with Crippen LogP contribution in [0.1, 0.15) is 51.1 Å². The van der Waals surface area contributed by atoms with E-state index in [1.54, 1.807) is 0 Å². The molecule has 0 heterocycles. The van der Waals surface area contributed by atoms with Crippen LogP contribution in [0.2, 0.25) is 5.02 Å². The topological polar surface area (TPSA) is 12.0 Å². The Bertz CT molecular complexity index is 352. The molecule has 94 valence electrons. The molecule has 0 aromatic heterocycles. The van der Waals surface area contributed by atoms with E-state index in [2.05, 4.69) is 31.3 Å². The van der Waals surface area contributed by atoms with E-state index in [-0.39, 0.29) is 0 Å². The molecule has 0 radical (unpaired) electrons. The second-order valence-corrected chi connectivity index (χ2v) is 6.11. The van der Waals surface area contributed by atoms with Crippen molar-refractivity contribution in [3.63, 3.8) is 0 Å². The molecule has 1 aromatic rings. The van der Waals surface area contributed by atoms with E-state index in [4.69, 9.17) is 11.6 Å². The minimum atomic E-state index is 0.407. The van der Waals surface area contributed by atoms with Crippen LogP contribution in [-0.4, -0.2) is 6.54 Å². The monoisotopic (exact) mass is 251 g/mol. The zero-order valence-electron chi connectivity index (χ0n) is 10.8. The molecule has 1 atom stereocenters. The lowest BCUT2D eigenvalue weighted by Crippen LogP contribution is -2.31. The van der Waals surface area contributed by atoms with Gasteiger partial charge in [-0.3, -0.25) is 0 Å². The Morgan fingerprint density at radius 3 is 2.41 bits per heavy atom. The summed E-state index contributed by atoms with van der Waals surface area (Å²) in [5.74, 6) is 0. The van der Waals surface area contributed by atoms with Crippen LogP contribution in [0, 0.1) is 5.41 Å². The molecule has 0 amide bonds. The molecule has 0 bridgehead atoms. The van der Waals surface area contributed by atoms with E-state index in [9.17, 15) is 0 Å². The minimum absolute atomic E-state index is 0.407. The average Bonchev–Trinajstić information content (AvgIpc) is 2.75. The van der Waals surface area contributed by atoms with Gasteiger partial charge in [-0.2, -0.15) is 0 Å². The zero-order valence-corrected chi connectivity index (χ0v) is 11.6. The van der Waals surface area contributed by atoms with E-state index in [1.165, 1.54) is 31.2 Å². The molecule has 0 saturated heterocycles. The summed E-state index contributed by atoms with van der Waals surface area (Å²) in [5.41, 5.74) is 1.83. The summed E-state index contributed by atoms with van der Waals surface area (Å²) < 4.78 is 0. The molecule has 1 unspecified atom stereocenters. The first kappa shape index (κ1) is 12.9. The number of hydrogen-bond acceptors (Lipinski definition) is 1. The SMILES string of the molecule is CC(NCC1(C)CCCC1)c1ccc(Cl)cc1. The van der Waals surface area contributed by atoms with Crippen molar-refractivity contribution in [3.05, 3.63) is 34.9 Å². The Kier molecular flexibility index (Phi) is 4.11. The number of rotatable bonds is 4. The fourth-order valence-corrected chi connectivity index (χ4v) is 2.80. The van der Waals surface area contributed by atoms with Crippen molar-refractivity contribution in [1.29, 1.82) is 0 Å². The van der Waals surface area contributed by atoms with Gasteiger partial charge in [0.1, 0.15) is 0 Å². The molecule has 17 heavy (non-hydrogen) atoms. The summed E-state index contributed by atoms with van der Waals surface area (Å²) in [4.78, 5) is 0. The summed E-state index contributed by atoms with van der Waals surface area (Å²) in [6.07, 6.45) is 5.53. The Labute approximate surface area is 110 Å². The van der Waals surface area contributed by atoms with E-state index in [0.29, 0.717) is 11.5 Å². The molecule has 2 rings (SSSR count). The van der Waals surface area contributed by atoms with Crippen LogP contribution >= 0.6 is 11.6 Å². The summed E-state index contributed by atoms with van der Waals surface area (Å²) in [7, 11) is 0. The molecule has 0 aliphatic heterocycles. The van der Waals surface area contributed by atoms with Gasteiger partial charge in [0.05, 0.1) is 0 Å². The standard InChI is InChI=1S/C15H22ClN/c1-12(13-5-7-14(16)8-6-13)17-11-15(2)9-3-4-10-15/h5-8,12,17H,3-4,9-11H2,1-2H3. The molecule has 1 aliphatic rings. The van der Waals surface area contributed by atoms with Crippen LogP contribution < -0.4 is 5.32 Å². The smallest absolute Gasteiger partial charge is 0.0406 e. The van der Waals surface area contributed by atoms with Crippen LogP contribution in [0.3, 0.4) is 0 Å². The molecule has 1 nitrogen and oxygen atoms in total. The van der Waals surface area contributed by atoms with Crippen LogP contribution in [0.5, 0.6) is 0 Å². The third kappa shape index (κ3) is 3.46. The second-order valence-electron chi connectivity index (χ2n) is 5.67. The summed E-state index contributed by atoms with van der Waals surface area (Å²) >= 11 is 5.90. The first-order valence-corrected chi connectivity index (χ1v) is 6.96. The summed E-state index contributed by atoms with van der Waals surface area (Å²) in [6, 6.07) is 8.55. The van der Waals surface area contributed by atoms with Crippen LogP contribution in [0.15, 0.2) is 24.3 Å². The Morgan fingerprint density at radius 2 is 1.82 bits per heavy atom. The van der Waals surface area contributed by atoms with Gasteiger partial charge < -0.3 is 5.32 Å². The second kappa shape index (κ2) is 5.41. The maximum absolute atomic E-state index is 5.90. The predicted octanol–water partition coefficient (Wildman–Crippen LogP) is 4.57. The fourth-order valence-electron chi connectivity index (χ4n) is 2.67. The van der Waals surface area contributed by atoms with Crippen LogP contribution in [0.4, 0.5) is 0 Å². The van der Waals surface area contributed by atoms with E-state index < -0.39 is 0 Å². The molecule has 1 fully saturated rings. The molecule has 1 aromatic carbocycles. The van der Waals surface area contributed by atoms with E-state index in [0.717, 1.165) is 11.6 Å². The Morgan fingerprint density at radius 1 is 1.24 bits per heavy atom. The van der Waals surface area contributed by atoms with Gasteiger partial charge >= 0.3 is 0 Å². The summed E-state index contributed by atoms with van der Waals surface area (Å²) in [6.45, 7) is 5.75. The van der Waals surface area contributed by atoms with Crippen molar-refractivity contribution in [2.75, 3.05) is 6.54 Å². The molecule has 1 saturated carbocycles. The van der Waals surface area contributed by atoms with Crippen molar-refractivity contribution in [1.82, 2.24) is 5.32 Å². The lowest BCUT2D eigenvalue weighted by atomic mass is 9.88. The molecular weight excluding hydrogens is 230 g/mol. The number of benzene rings is 1. The highest BCUT2D eigenvalue weighted by Gasteiger charge is 2.28. The Balaban J connectivity index is 1.88. The minimum Gasteiger partial charge on any atom is -0.310 e. The van der Waals surface area contributed by atoms with Gasteiger partial charge in [0.2, 0.25) is 0 Å². The first-order chi connectivity index (χ1) is 8.09. The van der Waals surface area contributed by atoms with Gasteiger partial charge in [-0.25, -0.2) is 0 Å². The molecule has 1 N–H and O–H groups in total. The highest BCUT2D eigenvalue weighted by atomic mass is 35.5. The number of halogens is 1. The average molecular weight is 252 g/mol. The maximum atomic E-state index is 5.90. The van der Waals surface area contributed by atoms with Crippen molar-refractivity contribution in [2.45, 2.75) is 45.6 Å². The highest BCUT2D eigenvalue weighted by molar-refractivity contribution is 6.30. The van der Waals surface area contributed by atoms with Crippen molar-refractivity contribution in [3.8, 4) is 0 Å².